The molecule has 0 saturated heterocycles. The zero-order chi connectivity index (χ0) is 16.1. The summed E-state index contributed by atoms with van der Waals surface area (Å²) >= 11 is 0. The van der Waals surface area contributed by atoms with Gasteiger partial charge in [0.25, 0.3) is 0 Å². The summed E-state index contributed by atoms with van der Waals surface area (Å²) in [4.78, 5) is 16.0. The van der Waals surface area contributed by atoms with Gasteiger partial charge in [0.2, 0.25) is 5.91 Å². The Morgan fingerprint density at radius 1 is 1.13 bits per heavy atom. The second-order valence-electron chi connectivity index (χ2n) is 5.48. The van der Waals surface area contributed by atoms with Gasteiger partial charge in [0.05, 0.1) is 17.4 Å². The number of imidazole rings is 1. The Bertz CT molecular complexity index is 782. The Balaban J connectivity index is 1.57. The molecule has 2 aromatic carbocycles. The van der Waals surface area contributed by atoms with Gasteiger partial charge in [-0.3, -0.25) is 4.79 Å². The molecule has 0 unspecified atom stereocenters. The molecule has 3 aromatic rings. The SMILES string of the molecule is NC(=O)[C@H](NCCCn1cnc2ccccc21)c1ccccc1. The van der Waals surface area contributed by atoms with Crippen LogP contribution in [-0.4, -0.2) is 22.0 Å². The van der Waals surface area contributed by atoms with Crippen molar-refractivity contribution in [3.8, 4) is 0 Å². The maximum absolute atomic E-state index is 11.6. The fourth-order valence-electron chi connectivity index (χ4n) is 2.71. The molecule has 23 heavy (non-hydrogen) atoms. The van der Waals surface area contributed by atoms with E-state index in [2.05, 4.69) is 20.9 Å². The molecule has 0 aliphatic heterocycles. The maximum Gasteiger partial charge on any atom is 0.239 e. The first-order valence-corrected chi connectivity index (χ1v) is 7.73. The van der Waals surface area contributed by atoms with Crippen molar-refractivity contribution in [1.82, 2.24) is 14.9 Å². The van der Waals surface area contributed by atoms with Crippen LogP contribution in [0.4, 0.5) is 0 Å². The molecule has 118 valence electrons. The van der Waals surface area contributed by atoms with E-state index in [1.54, 1.807) is 0 Å². The number of amides is 1. The third kappa shape index (κ3) is 3.57. The van der Waals surface area contributed by atoms with Crippen LogP contribution in [0, 0.1) is 0 Å². The first-order valence-electron chi connectivity index (χ1n) is 7.73. The summed E-state index contributed by atoms with van der Waals surface area (Å²) in [5.74, 6) is -0.357. The lowest BCUT2D eigenvalue weighted by molar-refractivity contribution is -0.120. The van der Waals surface area contributed by atoms with Crippen molar-refractivity contribution >= 4 is 16.9 Å². The summed E-state index contributed by atoms with van der Waals surface area (Å²) in [5.41, 5.74) is 8.53. The number of nitrogens with two attached hydrogens (primary N) is 1. The Morgan fingerprint density at radius 3 is 2.65 bits per heavy atom. The van der Waals surface area contributed by atoms with Gasteiger partial charge < -0.3 is 15.6 Å². The number of benzene rings is 2. The minimum Gasteiger partial charge on any atom is -0.368 e. The second-order valence-corrected chi connectivity index (χ2v) is 5.48. The first-order chi connectivity index (χ1) is 11.3. The fraction of sp³-hybridized carbons (Fsp3) is 0.222. The summed E-state index contributed by atoms with van der Waals surface area (Å²) in [6.07, 6.45) is 2.74. The largest absolute Gasteiger partial charge is 0.368 e. The van der Waals surface area contributed by atoms with E-state index < -0.39 is 6.04 Å². The fourth-order valence-corrected chi connectivity index (χ4v) is 2.71. The molecule has 0 aliphatic rings. The van der Waals surface area contributed by atoms with Crippen LogP contribution in [0.15, 0.2) is 60.9 Å². The highest BCUT2D eigenvalue weighted by Gasteiger charge is 2.16. The first kappa shape index (κ1) is 15.2. The Morgan fingerprint density at radius 2 is 1.87 bits per heavy atom. The van der Waals surface area contributed by atoms with Crippen LogP contribution < -0.4 is 11.1 Å². The second kappa shape index (κ2) is 7.07. The van der Waals surface area contributed by atoms with Crippen molar-refractivity contribution in [2.45, 2.75) is 19.0 Å². The van der Waals surface area contributed by atoms with Crippen LogP contribution in [0.3, 0.4) is 0 Å². The molecule has 0 bridgehead atoms. The summed E-state index contributed by atoms with van der Waals surface area (Å²) in [6.45, 7) is 1.54. The zero-order valence-electron chi connectivity index (χ0n) is 12.9. The molecule has 0 spiro atoms. The zero-order valence-corrected chi connectivity index (χ0v) is 12.9. The van der Waals surface area contributed by atoms with Crippen LogP contribution in [0.25, 0.3) is 11.0 Å². The lowest BCUT2D eigenvalue weighted by Crippen LogP contribution is -2.34. The molecular weight excluding hydrogens is 288 g/mol. The number of hydrogen-bond donors (Lipinski definition) is 2. The molecule has 5 nitrogen and oxygen atoms in total. The smallest absolute Gasteiger partial charge is 0.239 e. The molecule has 3 rings (SSSR count). The van der Waals surface area contributed by atoms with E-state index in [1.807, 2.05) is 54.9 Å². The van der Waals surface area contributed by atoms with Crippen molar-refractivity contribution < 1.29 is 4.79 Å². The number of aryl methyl sites for hydroxylation is 1. The quantitative estimate of drug-likeness (QED) is 0.657. The molecule has 0 fully saturated rings. The number of para-hydroxylation sites is 2. The van der Waals surface area contributed by atoms with Crippen LogP contribution in [0.5, 0.6) is 0 Å². The molecule has 1 aromatic heterocycles. The highest BCUT2D eigenvalue weighted by molar-refractivity contribution is 5.81. The Hall–Kier alpha value is -2.66. The molecule has 1 atom stereocenters. The number of rotatable bonds is 7. The van der Waals surface area contributed by atoms with Gasteiger partial charge in [-0.15, -0.1) is 0 Å². The number of primary amides is 1. The van der Waals surface area contributed by atoms with E-state index in [1.165, 1.54) is 0 Å². The Labute approximate surface area is 135 Å². The highest BCUT2D eigenvalue weighted by atomic mass is 16.1. The van der Waals surface area contributed by atoms with Gasteiger partial charge >= 0.3 is 0 Å². The van der Waals surface area contributed by atoms with Crippen LogP contribution in [0.2, 0.25) is 0 Å². The minimum atomic E-state index is -0.448. The lowest BCUT2D eigenvalue weighted by atomic mass is 10.1. The van der Waals surface area contributed by atoms with Crippen molar-refractivity contribution in [2.75, 3.05) is 6.54 Å². The van der Waals surface area contributed by atoms with Crippen LogP contribution >= 0.6 is 0 Å². The van der Waals surface area contributed by atoms with Crippen molar-refractivity contribution in [2.24, 2.45) is 5.73 Å². The summed E-state index contributed by atoms with van der Waals surface area (Å²) < 4.78 is 2.12. The summed E-state index contributed by atoms with van der Waals surface area (Å²) in [6, 6.07) is 17.2. The number of carbonyl (C=O) groups is 1. The maximum atomic E-state index is 11.6. The van der Waals surface area contributed by atoms with E-state index in [4.69, 9.17) is 5.73 Å². The molecular formula is C18H20N4O. The summed E-state index contributed by atoms with van der Waals surface area (Å²) in [5, 5.41) is 3.24. The van der Waals surface area contributed by atoms with Gasteiger partial charge in [-0.05, 0) is 30.7 Å². The standard InChI is InChI=1S/C18H20N4O/c19-18(23)17(14-7-2-1-3-8-14)20-11-6-12-22-13-21-15-9-4-5-10-16(15)22/h1-5,7-10,13,17,20H,6,11-12H2,(H2,19,23)/t17-/m1/s1. The lowest BCUT2D eigenvalue weighted by Gasteiger charge is -2.16. The average Bonchev–Trinajstić information content (AvgIpc) is 2.98. The van der Waals surface area contributed by atoms with E-state index in [9.17, 15) is 4.79 Å². The molecule has 1 amide bonds. The van der Waals surface area contributed by atoms with Crippen LogP contribution in [-0.2, 0) is 11.3 Å². The molecule has 1 heterocycles. The minimum absolute atomic E-state index is 0.357. The topological polar surface area (TPSA) is 72.9 Å². The van der Waals surface area contributed by atoms with Gasteiger partial charge in [0.1, 0.15) is 6.04 Å². The average molecular weight is 308 g/mol. The van der Waals surface area contributed by atoms with Gasteiger partial charge in [0, 0.05) is 6.54 Å². The van der Waals surface area contributed by atoms with Crippen LogP contribution in [0.1, 0.15) is 18.0 Å². The van der Waals surface area contributed by atoms with Gasteiger partial charge in [-0.2, -0.15) is 0 Å². The number of nitrogens with zero attached hydrogens (tertiary/aromatic N) is 2. The van der Waals surface area contributed by atoms with E-state index in [0.29, 0.717) is 6.54 Å². The van der Waals surface area contributed by atoms with E-state index >= 15 is 0 Å². The van der Waals surface area contributed by atoms with Crippen molar-refractivity contribution in [3.63, 3.8) is 0 Å². The van der Waals surface area contributed by atoms with Gasteiger partial charge in [-0.25, -0.2) is 4.98 Å². The number of hydrogen-bond acceptors (Lipinski definition) is 3. The van der Waals surface area contributed by atoms with Gasteiger partial charge in [-0.1, -0.05) is 42.5 Å². The molecule has 0 radical (unpaired) electrons. The Kier molecular flexibility index (Phi) is 4.68. The number of carbonyl (C=O) groups excluding carboxylic acids is 1. The summed E-state index contributed by atoms with van der Waals surface area (Å²) in [7, 11) is 0. The normalized spacial score (nSPS) is 12.3. The van der Waals surface area contributed by atoms with E-state index in [0.717, 1.165) is 29.6 Å². The molecule has 0 aliphatic carbocycles. The predicted molar refractivity (Wildman–Crippen MR) is 90.7 cm³/mol. The third-order valence-electron chi connectivity index (χ3n) is 3.87. The molecule has 3 N–H and O–H groups in total. The van der Waals surface area contributed by atoms with Crippen molar-refractivity contribution in [1.29, 1.82) is 0 Å². The highest BCUT2D eigenvalue weighted by Crippen LogP contribution is 2.13. The molecule has 0 saturated carbocycles. The third-order valence-corrected chi connectivity index (χ3v) is 3.87. The number of aromatic nitrogens is 2. The van der Waals surface area contributed by atoms with Gasteiger partial charge in [0.15, 0.2) is 0 Å². The van der Waals surface area contributed by atoms with Crippen molar-refractivity contribution in [3.05, 3.63) is 66.5 Å². The number of nitrogens with one attached hydrogen (secondary N) is 1. The monoisotopic (exact) mass is 308 g/mol. The predicted octanol–water partition coefficient (Wildman–Crippen LogP) is 2.24. The molecule has 5 heteroatoms. The van der Waals surface area contributed by atoms with E-state index in [-0.39, 0.29) is 5.91 Å². The number of fused-ring (bicyclic) bond motifs is 1.